The van der Waals surface area contributed by atoms with Crippen molar-refractivity contribution in [3.8, 4) is 0 Å². The molecule has 0 radical (unpaired) electrons. The highest BCUT2D eigenvalue weighted by molar-refractivity contribution is 6.02. The number of nitrogens with zero attached hydrogens (tertiary/aromatic N) is 2. The molecule has 6 heteroatoms. The summed E-state index contributed by atoms with van der Waals surface area (Å²) in [5.74, 6) is 4.11. The van der Waals surface area contributed by atoms with Crippen molar-refractivity contribution in [2.75, 3.05) is 5.43 Å². The molecule has 0 saturated heterocycles. The number of nitrogens with one attached hydrogen (secondary N) is 1. The number of aromatic nitrogens is 2. The van der Waals surface area contributed by atoms with Gasteiger partial charge in [-0.15, -0.1) is 10.2 Å². The molecule has 1 aromatic carbocycles. The molecule has 0 amide bonds. The quantitative estimate of drug-likeness (QED) is 0.489. The van der Waals surface area contributed by atoms with Crippen LogP contribution in [0.25, 0.3) is 10.9 Å². The van der Waals surface area contributed by atoms with Crippen LogP contribution in [0.1, 0.15) is 10.5 Å². The number of nitrogens with two attached hydrogens (primary N) is 1. The highest BCUT2D eigenvalue weighted by Crippen LogP contribution is 2.22. The van der Waals surface area contributed by atoms with Crippen LogP contribution >= 0.6 is 0 Å². The number of anilines is 1. The van der Waals surface area contributed by atoms with Gasteiger partial charge >= 0.3 is 5.97 Å². The van der Waals surface area contributed by atoms with Gasteiger partial charge in [0.05, 0.1) is 11.2 Å². The van der Waals surface area contributed by atoms with E-state index >= 15 is 0 Å². The Labute approximate surface area is 84.7 Å². The number of carboxylic acid groups (broad SMARTS) is 1. The number of fused-ring (bicyclic) bond motifs is 1. The van der Waals surface area contributed by atoms with Crippen LogP contribution in [-0.4, -0.2) is 21.3 Å². The number of aromatic carboxylic acids is 1. The molecule has 0 bridgehead atoms. The number of benzene rings is 1. The Morgan fingerprint density at radius 3 is 2.73 bits per heavy atom. The summed E-state index contributed by atoms with van der Waals surface area (Å²) in [5.41, 5.74) is 3.02. The molecule has 76 valence electrons. The van der Waals surface area contributed by atoms with E-state index in [-0.39, 0.29) is 11.4 Å². The molecule has 0 aliphatic carbocycles. The summed E-state index contributed by atoms with van der Waals surface area (Å²) >= 11 is 0. The Hall–Kier alpha value is -2.21. The number of hydrazine groups is 1. The predicted octanol–water partition coefficient (Wildman–Crippen LogP) is 0.614. The van der Waals surface area contributed by atoms with Crippen molar-refractivity contribution in [2.24, 2.45) is 5.84 Å². The number of hydrogen-bond donors (Lipinski definition) is 3. The van der Waals surface area contributed by atoms with E-state index in [1.165, 1.54) is 0 Å². The first-order chi connectivity index (χ1) is 7.24. The zero-order valence-electron chi connectivity index (χ0n) is 7.64. The zero-order chi connectivity index (χ0) is 10.8. The first kappa shape index (κ1) is 9.35. The minimum Gasteiger partial charge on any atom is -0.476 e. The minimum atomic E-state index is -1.17. The molecule has 0 saturated carbocycles. The largest absolute Gasteiger partial charge is 0.476 e. The molecule has 1 heterocycles. The fourth-order valence-corrected chi connectivity index (χ4v) is 1.35. The lowest BCUT2D eigenvalue weighted by Crippen LogP contribution is -2.14. The molecule has 0 spiro atoms. The highest BCUT2D eigenvalue weighted by Gasteiger charge is 2.15. The number of rotatable bonds is 2. The summed E-state index contributed by atoms with van der Waals surface area (Å²) in [6.45, 7) is 0. The Kier molecular flexibility index (Phi) is 2.18. The molecule has 6 nitrogen and oxygen atoms in total. The van der Waals surface area contributed by atoms with Crippen LogP contribution in [0.4, 0.5) is 5.69 Å². The minimum absolute atomic E-state index is 0.184. The lowest BCUT2D eigenvalue weighted by molar-refractivity contribution is 0.0690. The van der Waals surface area contributed by atoms with Gasteiger partial charge in [-0.25, -0.2) is 4.79 Å². The molecule has 0 aliphatic heterocycles. The van der Waals surface area contributed by atoms with Crippen LogP contribution < -0.4 is 11.3 Å². The second-order valence-electron chi connectivity index (χ2n) is 2.89. The fraction of sp³-hybridized carbons (Fsp3) is 0. The molecule has 2 rings (SSSR count). The predicted molar refractivity (Wildman–Crippen MR) is 54.3 cm³/mol. The lowest BCUT2D eigenvalue weighted by atomic mass is 10.1. The van der Waals surface area contributed by atoms with E-state index in [1.54, 1.807) is 24.3 Å². The van der Waals surface area contributed by atoms with E-state index in [0.717, 1.165) is 0 Å². The van der Waals surface area contributed by atoms with Gasteiger partial charge in [-0.2, -0.15) is 0 Å². The van der Waals surface area contributed by atoms with Gasteiger partial charge in [-0.05, 0) is 6.07 Å². The van der Waals surface area contributed by atoms with Gasteiger partial charge in [0.2, 0.25) is 0 Å². The van der Waals surface area contributed by atoms with E-state index in [1.807, 2.05) is 0 Å². The van der Waals surface area contributed by atoms with Gasteiger partial charge in [0, 0.05) is 5.39 Å². The summed E-state index contributed by atoms with van der Waals surface area (Å²) in [6.07, 6.45) is 0. The van der Waals surface area contributed by atoms with Crippen LogP contribution in [-0.2, 0) is 0 Å². The summed E-state index contributed by atoms with van der Waals surface area (Å²) in [7, 11) is 0. The average molecular weight is 204 g/mol. The number of nitrogen functional groups attached to an aromatic ring is 1. The average Bonchev–Trinajstić information content (AvgIpc) is 2.27. The topological polar surface area (TPSA) is 101 Å². The lowest BCUT2D eigenvalue weighted by Gasteiger charge is -2.06. The van der Waals surface area contributed by atoms with E-state index in [9.17, 15) is 4.79 Å². The Morgan fingerprint density at radius 1 is 1.33 bits per heavy atom. The van der Waals surface area contributed by atoms with Gasteiger partial charge < -0.3 is 10.5 Å². The molecular weight excluding hydrogens is 196 g/mol. The second-order valence-corrected chi connectivity index (χ2v) is 2.89. The van der Waals surface area contributed by atoms with Gasteiger partial charge in [0.1, 0.15) is 0 Å². The van der Waals surface area contributed by atoms with E-state index in [2.05, 4.69) is 15.6 Å². The zero-order valence-corrected chi connectivity index (χ0v) is 7.64. The van der Waals surface area contributed by atoms with Gasteiger partial charge in [-0.3, -0.25) is 5.84 Å². The monoisotopic (exact) mass is 204 g/mol. The van der Waals surface area contributed by atoms with Crippen molar-refractivity contribution < 1.29 is 9.90 Å². The third-order valence-corrected chi connectivity index (χ3v) is 2.01. The first-order valence-corrected chi connectivity index (χ1v) is 4.19. The molecular formula is C9H8N4O2. The van der Waals surface area contributed by atoms with Gasteiger partial charge in [0.15, 0.2) is 5.69 Å². The summed E-state index contributed by atoms with van der Waals surface area (Å²) < 4.78 is 0. The van der Waals surface area contributed by atoms with Crippen molar-refractivity contribution >= 4 is 22.6 Å². The van der Waals surface area contributed by atoms with Crippen LogP contribution in [0.5, 0.6) is 0 Å². The van der Waals surface area contributed by atoms with Gasteiger partial charge in [0.25, 0.3) is 0 Å². The Balaban J connectivity index is 2.81. The van der Waals surface area contributed by atoms with E-state index in [0.29, 0.717) is 10.9 Å². The SMILES string of the molecule is NNc1c(C(=O)O)nnc2ccccc12. The molecule has 0 aliphatic rings. The maximum absolute atomic E-state index is 10.8. The first-order valence-electron chi connectivity index (χ1n) is 4.19. The maximum Gasteiger partial charge on any atom is 0.358 e. The van der Waals surface area contributed by atoms with Crippen LogP contribution in [0.15, 0.2) is 24.3 Å². The van der Waals surface area contributed by atoms with Crippen LogP contribution in [0.3, 0.4) is 0 Å². The third-order valence-electron chi connectivity index (χ3n) is 2.01. The van der Waals surface area contributed by atoms with E-state index < -0.39 is 5.97 Å². The maximum atomic E-state index is 10.8. The van der Waals surface area contributed by atoms with Gasteiger partial charge in [-0.1, -0.05) is 18.2 Å². The summed E-state index contributed by atoms with van der Waals surface area (Å²) in [5, 5.41) is 16.9. The standard InChI is InChI=1S/C9H8N4O2/c10-11-7-5-3-1-2-4-6(5)12-13-8(7)9(14)15/h1-4H,10H2,(H,11,12)(H,14,15). The Morgan fingerprint density at radius 2 is 2.07 bits per heavy atom. The second kappa shape index (κ2) is 3.50. The van der Waals surface area contributed by atoms with Crippen LogP contribution in [0.2, 0.25) is 0 Å². The molecule has 0 atom stereocenters. The molecule has 4 N–H and O–H groups in total. The molecule has 2 aromatic rings. The fourth-order valence-electron chi connectivity index (χ4n) is 1.35. The molecule has 1 aromatic heterocycles. The normalized spacial score (nSPS) is 10.2. The summed E-state index contributed by atoms with van der Waals surface area (Å²) in [6, 6.07) is 7.02. The van der Waals surface area contributed by atoms with Crippen molar-refractivity contribution in [1.29, 1.82) is 0 Å². The molecule has 0 unspecified atom stereocenters. The Bertz CT molecular complexity index is 527. The third kappa shape index (κ3) is 1.46. The van der Waals surface area contributed by atoms with Crippen molar-refractivity contribution in [3.05, 3.63) is 30.0 Å². The highest BCUT2D eigenvalue weighted by atomic mass is 16.4. The van der Waals surface area contributed by atoms with Crippen LogP contribution in [0, 0.1) is 0 Å². The number of carboxylic acids is 1. The summed E-state index contributed by atoms with van der Waals surface area (Å²) in [4.78, 5) is 10.8. The molecule has 15 heavy (non-hydrogen) atoms. The number of hydrogen-bond acceptors (Lipinski definition) is 5. The van der Waals surface area contributed by atoms with E-state index in [4.69, 9.17) is 10.9 Å². The van der Waals surface area contributed by atoms with Crippen molar-refractivity contribution in [2.45, 2.75) is 0 Å². The number of carbonyl (C=O) groups is 1. The smallest absolute Gasteiger partial charge is 0.358 e. The molecule has 0 fully saturated rings. The van der Waals surface area contributed by atoms with Crippen molar-refractivity contribution in [3.63, 3.8) is 0 Å². The van der Waals surface area contributed by atoms with Crippen molar-refractivity contribution in [1.82, 2.24) is 10.2 Å².